The first kappa shape index (κ1) is 13.8. The minimum Gasteiger partial charge on any atom is -0.395 e. The standard InChI is InChI=1S/C13H15Cl2NO2/c14-9-3-4-12(15)11(6-9)13(18)7-16-5-1-2-10(16)8-17/h3-4,6,10,17H,1-2,5,7-8H2. The molecule has 1 aromatic rings. The van der Waals surface area contributed by atoms with Crippen LogP contribution in [0.1, 0.15) is 23.2 Å². The van der Waals surface area contributed by atoms with Gasteiger partial charge in [0.15, 0.2) is 5.78 Å². The minimum atomic E-state index is -0.0529. The van der Waals surface area contributed by atoms with Crippen LogP contribution in [0, 0.1) is 0 Å². The molecule has 1 aromatic carbocycles. The molecule has 2 rings (SSSR count). The van der Waals surface area contributed by atoms with Crippen molar-refractivity contribution in [2.24, 2.45) is 0 Å². The van der Waals surface area contributed by atoms with Gasteiger partial charge >= 0.3 is 0 Å². The molecular formula is C13H15Cl2NO2. The lowest BCUT2D eigenvalue weighted by atomic mass is 10.1. The molecule has 1 atom stereocenters. The van der Waals surface area contributed by atoms with Gasteiger partial charge in [0, 0.05) is 16.6 Å². The molecule has 1 fully saturated rings. The first-order chi connectivity index (χ1) is 8.61. The molecule has 1 aliphatic rings. The van der Waals surface area contributed by atoms with Crippen LogP contribution in [0.2, 0.25) is 10.0 Å². The number of carbonyl (C=O) groups is 1. The van der Waals surface area contributed by atoms with Crippen LogP contribution in [0.25, 0.3) is 0 Å². The van der Waals surface area contributed by atoms with Gasteiger partial charge < -0.3 is 5.11 Å². The lowest BCUT2D eigenvalue weighted by molar-refractivity contribution is 0.0888. The Morgan fingerprint density at radius 1 is 1.44 bits per heavy atom. The molecule has 1 heterocycles. The molecular weight excluding hydrogens is 273 g/mol. The van der Waals surface area contributed by atoms with E-state index in [1.165, 1.54) is 0 Å². The maximum absolute atomic E-state index is 12.2. The second kappa shape index (κ2) is 6.02. The summed E-state index contributed by atoms with van der Waals surface area (Å²) in [4.78, 5) is 14.2. The molecule has 5 heteroatoms. The van der Waals surface area contributed by atoms with Crippen molar-refractivity contribution >= 4 is 29.0 Å². The van der Waals surface area contributed by atoms with Gasteiger partial charge in [0.25, 0.3) is 0 Å². The smallest absolute Gasteiger partial charge is 0.178 e. The average Bonchev–Trinajstić information content (AvgIpc) is 2.79. The van der Waals surface area contributed by atoms with Gasteiger partial charge in [-0.25, -0.2) is 0 Å². The highest BCUT2D eigenvalue weighted by Crippen LogP contribution is 2.23. The third kappa shape index (κ3) is 3.04. The molecule has 0 saturated carbocycles. The number of benzene rings is 1. The Bertz CT molecular complexity index is 451. The summed E-state index contributed by atoms with van der Waals surface area (Å²) in [6.07, 6.45) is 1.95. The summed E-state index contributed by atoms with van der Waals surface area (Å²) in [5.74, 6) is -0.0529. The second-order valence-corrected chi connectivity index (χ2v) is 5.34. The van der Waals surface area contributed by atoms with E-state index in [4.69, 9.17) is 23.2 Å². The molecule has 1 aliphatic heterocycles. The van der Waals surface area contributed by atoms with Gasteiger partial charge in [-0.2, -0.15) is 0 Å². The number of aliphatic hydroxyl groups excluding tert-OH is 1. The molecule has 1 unspecified atom stereocenters. The van der Waals surface area contributed by atoms with Crippen LogP contribution in [0.15, 0.2) is 18.2 Å². The number of nitrogens with zero attached hydrogens (tertiary/aromatic N) is 1. The lowest BCUT2D eigenvalue weighted by Gasteiger charge is -2.21. The molecule has 1 N–H and O–H groups in total. The van der Waals surface area contributed by atoms with Gasteiger partial charge in [0.05, 0.1) is 18.2 Å². The SMILES string of the molecule is O=C(CN1CCCC1CO)c1cc(Cl)ccc1Cl. The number of likely N-dealkylation sites (tertiary alicyclic amines) is 1. The number of rotatable bonds is 4. The van der Waals surface area contributed by atoms with E-state index in [9.17, 15) is 9.90 Å². The minimum absolute atomic E-state index is 0.0529. The summed E-state index contributed by atoms with van der Waals surface area (Å²) < 4.78 is 0. The summed E-state index contributed by atoms with van der Waals surface area (Å²) in [7, 11) is 0. The Hall–Kier alpha value is -0.610. The largest absolute Gasteiger partial charge is 0.395 e. The predicted molar refractivity (Wildman–Crippen MR) is 72.5 cm³/mol. The van der Waals surface area contributed by atoms with Crippen LogP contribution in [-0.4, -0.2) is 41.5 Å². The van der Waals surface area contributed by atoms with Crippen LogP contribution in [-0.2, 0) is 0 Å². The van der Waals surface area contributed by atoms with E-state index in [0.717, 1.165) is 19.4 Å². The second-order valence-electron chi connectivity index (χ2n) is 4.50. The summed E-state index contributed by atoms with van der Waals surface area (Å²) in [5, 5.41) is 10.1. The third-order valence-corrected chi connectivity index (χ3v) is 3.85. The summed E-state index contributed by atoms with van der Waals surface area (Å²) >= 11 is 11.9. The normalized spacial score (nSPS) is 20.3. The fourth-order valence-electron chi connectivity index (χ4n) is 2.29. The van der Waals surface area contributed by atoms with Gasteiger partial charge in [-0.05, 0) is 37.6 Å². The van der Waals surface area contributed by atoms with Crippen LogP contribution < -0.4 is 0 Å². The number of Topliss-reactive ketones (excluding diaryl/α,β-unsaturated/α-hetero) is 1. The maximum atomic E-state index is 12.2. The Kier molecular flexibility index (Phi) is 4.62. The van der Waals surface area contributed by atoms with Gasteiger partial charge in [-0.15, -0.1) is 0 Å². The molecule has 0 aliphatic carbocycles. The van der Waals surface area contributed by atoms with Crippen molar-refractivity contribution in [3.8, 4) is 0 Å². The molecule has 0 radical (unpaired) electrons. The van der Waals surface area contributed by atoms with E-state index < -0.39 is 0 Å². The van der Waals surface area contributed by atoms with Crippen LogP contribution >= 0.6 is 23.2 Å². The highest BCUT2D eigenvalue weighted by Gasteiger charge is 2.26. The first-order valence-corrected chi connectivity index (χ1v) is 6.70. The topological polar surface area (TPSA) is 40.5 Å². The van der Waals surface area contributed by atoms with Crippen molar-refractivity contribution in [1.82, 2.24) is 4.90 Å². The van der Waals surface area contributed by atoms with Crippen LogP contribution in [0.4, 0.5) is 0 Å². The number of aliphatic hydroxyl groups is 1. The first-order valence-electron chi connectivity index (χ1n) is 5.95. The zero-order chi connectivity index (χ0) is 13.1. The summed E-state index contributed by atoms with van der Waals surface area (Å²) in [6.45, 7) is 1.22. The van der Waals surface area contributed by atoms with E-state index in [1.54, 1.807) is 18.2 Å². The average molecular weight is 288 g/mol. The van der Waals surface area contributed by atoms with Crippen molar-refractivity contribution in [3.63, 3.8) is 0 Å². The quantitative estimate of drug-likeness (QED) is 0.866. The fourth-order valence-corrected chi connectivity index (χ4v) is 2.69. The summed E-state index contributed by atoms with van der Waals surface area (Å²) in [5.41, 5.74) is 0.452. The van der Waals surface area contributed by atoms with E-state index >= 15 is 0 Å². The van der Waals surface area contributed by atoms with Crippen molar-refractivity contribution in [2.75, 3.05) is 19.7 Å². The van der Waals surface area contributed by atoms with Crippen molar-refractivity contribution in [1.29, 1.82) is 0 Å². The van der Waals surface area contributed by atoms with Gasteiger partial charge in [0.1, 0.15) is 0 Å². The van der Waals surface area contributed by atoms with Gasteiger partial charge in [0.2, 0.25) is 0 Å². The molecule has 0 amide bonds. The van der Waals surface area contributed by atoms with Gasteiger partial charge in [-0.1, -0.05) is 23.2 Å². The Morgan fingerprint density at radius 2 is 2.22 bits per heavy atom. The molecule has 1 saturated heterocycles. The maximum Gasteiger partial charge on any atom is 0.178 e. The van der Waals surface area contributed by atoms with E-state index in [0.29, 0.717) is 15.6 Å². The predicted octanol–water partition coefficient (Wildman–Crippen LogP) is 2.63. The number of halogens is 2. The highest BCUT2D eigenvalue weighted by atomic mass is 35.5. The Labute approximate surface area is 116 Å². The highest BCUT2D eigenvalue weighted by molar-refractivity contribution is 6.36. The number of hydrogen-bond donors (Lipinski definition) is 1. The monoisotopic (exact) mass is 287 g/mol. The molecule has 0 spiro atoms. The zero-order valence-electron chi connectivity index (χ0n) is 9.90. The van der Waals surface area contributed by atoms with Crippen molar-refractivity contribution < 1.29 is 9.90 Å². The molecule has 18 heavy (non-hydrogen) atoms. The molecule has 98 valence electrons. The van der Waals surface area contributed by atoms with Crippen LogP contribution in [0.5, 0.6) is 0 Å². The Morgan fingerprint density at radius 3 is 2.94 bits per heavy atom. The number of ketones is 1. The number of hydrogen-bond acceptors (Lipinski definition) is 3. The number of carbonyl (C=O) groups excluding carboxylic acids is 1. The van der Waals surface area contributed by atoms with Crippen molar-refractivity contribution in [2.45, 2.75) is 18.9 Å². The van der Waals surface area contributed by atoms with Crippen molar-refractivity contribution in [3.05, 3.63) is 33.8 Å². The van der Waals surface area contributed by atoms with E-state index in [-0.39, 0.29) is 25.0 Å². The molecule has 0 bridgehead atoms. The lowest BCUT2D eigenvalue weighted by Crippen LogP contribution is -2.36. The van der Waals surface area contributed by atoms with Gasteiger partial charge in [-0.3, -0.25) is 9.69 Å². The fraction of sp³-hybridized carbons (Fsp3) is 0.462. The molecule has 0 aromatic heterocycles. The van der Waals surface area contributed by atoms with Crippen LogP contribution in [0.3, 0.4) is 0 Å². The summed E-state index contributed by atoms with van der Waals surface area (Å²) in [6, 6.07) is 4.97. The zero-order valence-corrected chi connectivity index (χ0v) is 11.4. The molecule has 3 nitrogen and oxygen atoms in total. The Balaban J connectivity index is 2.09. The van der Waals surface area contributed by atoms with E-state index in [1.807, 2.05) is 4.90 Å². The van der Waals surface area contributed by atoms with E-state index in [2.05, 4.69) is 0 Å². The third-order valence-electron chi connectivity index (χ3n) is 3.29.